The molecule has 0 radical (unpaired) electrons. The van der Waals surface area contributed by atoms with Gasteiger partial charge in [0.25, 0.3) is 5.69 Å². The van der Waals surface area contributed by atoms with Crippen molar-refractivity contribution in [2.24, 2.45) is 5.10 Å². The maximum Gasteiger partial charge on any atom is 0.269 e. The number of nitrogens with one attached hydrogen (secondary N) is 1. The van der Waals surface area contributed by atoms with Gasteiger partial charge in [0.15, 0.2) is 5.82 Å². The molecule has 0 bridgehead atoms. The van der Waals surface area contributed by atoms with Crippen molar-refractivity contribution >= 4 is 47.3 Å². The van der Waals surface area contributed by atoms with Crippen LogP contribution in [-0.2, 0) is 0 Å². The molecule has 25 heavy (non-hydrogen) atoms. The van der Waals surface area contributed by atoms with Crippen LogP contribution in [0.15, 0.2) is 47.6 Å². The Morgan fingerprint density at radius 2 is 1.96 bits per heavy atom. The SMILES string of the molecule is O=[N+]([O-])c1ccc(/C=N/n2c(-c3ccc(Cl)cc3Cl)n[nH]c2=S)cc1. The molecule has 0 spiro atoms. The summed E-state index contributed by atoms with van der Waals surface area (Å²) < 4.78 is 1.69. The topological polar surface area (TPSA) is 89.1 Å². The first-order chi connectivity index (χ1) is 12.0. The predicted octanol–water partition coefficient (Wildman–Crippen LogP) is 4.70. The molecule has 0 saturated heterocycles. The molecular weight excluding hydrogens is 385 g/mol. The van der Waals surface area contributed by atoms with Crippen LogP contribution in [-0.4, -0.2) is 26.0 Å². The maximum absolute atomic E-state index is 10.7. The van der Waals surface area contributed by atoms with E-state index in [0.717, 1.165) is 0 Å². The van der Waals surface area contributed by atoms with E-state index in [4.69, 9.17) is 35.4 Å². The molecule has 2 aromatic carbocycles. The van der Waals surface area contributed by atoms with Crippen LogP contribution in [0.5, 0.6) is 0 Å². The van der Waals surface area contributed by atoms with E-state index in [1.165, 1.54) is 23.0 Å². The van der Waals surface area contributed by atoms with Crippen molar-refractivity contribution in [3.8, 4) is 11.4 Å². The van der Waals surface area contributed by atoms with Gasteiger partial charge in [0.05, 0.1) is 16.2 Å². The third-order valence-corrected chi connectivity index (χ3v) is 4.06. The molecular formula is C15H9Cl2N5O2S. The van der Waals surface area contributed by atoms with Crippen molar-refractivity contribution in [3.63, 3.8) is 0 Å². The second-order valence-corrected chi connectivity index (χ2v) is 6.11. The summed E-state index contributed by atoms with van der Waals surface area (Å²) in [7, 11) is 0. The number of aromatic nitrogens is 3. The number of rotatable bonds is 4. The lowest BCUT2D eigenvalue weighted by Gasteiger charge is -2.04. The van der Waals surface area contributed by atoms with Gasteiger partial charge in [-0.05, 0) is 48.1 Å². The van der Waals surface area contributed by atoms with Gasteiger partial charge in [0.2, 0.25) is 4.77 Å². The van der Waals surface area contributed by atoms with Gasteiger partial charge in [0, 0.05) is 22.7 Å². The molecule has 0 saturated carbocycles. The Bertz CT molecular complexity index is 1030. The zero-order valence-corrected chi connectivity index (χ0v) is 14.7. The molecule has 1 aromatic heterocycles. The van der Waals surface area contributed by atoms with Crippen LogP contribution in [0.1, 0.15) is 5.56 Å². The molecule has 1 heterocycles. The number of hydrogen-bond donors (Lipinski definition) is 1. The van der Waals surface area contributed by atoms with Crippen LogP contribution in [0.3, 0.4) is 0 Å². The lowest BCUT2D eigenvalue weighted by molar-refractivity contribution is -0.384. The van der Waals surface area contributed by atoms with Crippen LogP contribution in [0.25, 0.3) is 11.4 Å². The number of hydrogen-bond acceptors (Lipinski definition) is 5. The van der Waals surface area contributed by atoms with E-state index in [2.05, 4.69) is 15.3 Å². The summed E-state index contributed by atoms with van der Waals surface area (Å²) in [4.78, 5) is 10.2. The van der Waals surface area contributed by atoms with Gasteiger partial charge in [-0.15, -0.1) is 0 Å². The molecule has 0 aliphatic carbocycles. The van der Waals surface area contributed by atoms with E-state index in [1.54, 1.807) is 30.3 Å². The van der Waals surface area contributed by atoms with Gasteiger partial charge >= 0.3 is 0 Å². The zero-order valence-electron chi connectivity index (χ0n) is 12.4. The van der Waals surface area contributed by atoms with E-state index < -0.39 is 4.92 Å². The molecule has 7 nitrogen and oxygen atoms in total. The highest BCUT2D eigenvalue weighted by Crippen LogP contribution is 2.29. The number of nitro benzene ring substituents is 1. The molecule has 3 aromatic rings. The maximum atomic E-state index is 10.7. The van der Waals surface area contributed by atoms with Crippen LogP contribution in [0.2, 0.25) is 10.0 Å². The number of aromatic amines is 1. The Labute approximate surface area is 156 Å². The molecule has 0 atom stereocenters. The first-order valence-electron chi connectivity index (χ1n) is 6.87. The van der Waals surface area contributed by atoms with Crippen molar-refractivity contribution in [3.05, 3.63) is 73.0 Å². The average molecular weight is 394 g/mol. The van der Waals surface area contributed by atoms with E-state index in [0.29, 0.717) is 27.0 Å². The molecule has 0 fully saturated rings. The minimum atomic E-state index is -0.465. The fourth-order valence-corrected chi connectivity index (χ4v) is 2.72. The van der Waals surface area contributed by atoms with E-state index in [1.807, 2.05) is 0 Å². The summed E-state index contributed by atoms with van der Waals surface area (Å²) in [6.07, 6.45) is 1.52. The number of halogens is 2. The van der Waals surface area contributed by atoms with E-state index in [-0.39, 0.29) is 10.5 Å². The fourth-order valence-electron chi connectivity index (χ4n) is 2.05. The number of H-pyrrole nitrogens is 1. The molecule has 126 valence electrons. The molecule has 0 aliphatic rings. The van der Waals surface area contributed by atoms with Gasteiger partial charge < -0.3 is 0 Å². The van der Waals surface area contributed by atoms with Crippen LogP contribution >= 0.6 is 35.4 Å². The third kappa shape index (κ3) is 3.76. The van der Waals surface area contributed by atoms with Crippen molar-refractivity contribution in [2.75, 3.05) is 0 Å². The lowest BCUT2D eigenvalue weighted by Crippen LogP contribution is -1.96. The Morgan fingerprint density at radius 1 is 1.24 bits per heavy atom. The monoisotopic (exact) mass is 393 g/mol. The minimum absolute atomic E-state index is 0.00528. The number of non-ortho nitro benzene ring substituents is 1. The summed E-state index contributed by atoms with van der Waals surface area (Å²) >= 11 is 17.3. The standard InChI is InChI=1S/C15H9Cl2N5O2S/c16-10-3-6-12(13(17)7-10)14-19-20-15(25)21(14)18-8-9-1-4-11(5-2-9)22(23)24/h1-8H,(H,20,25)/b18-8+. The molecule has 3 rings (SSSR count). The Balaban J connectivity index is 1.97. The molecule has 0 aliphatic heterocycles. The number of nitrogens with zero attached hydrogens (tertiary/aromatic N) is 4. The highest BCUT2D eigenvalue weighted by molar-refractivity contribution is 7.71. The van der Waals surface area contributed by atoms with Crippen molar-refractivity contribution in [1.82, 2.24) is 14.9 Å². The smallest absolute Gasteiger partial charge is 0.258 e. The summed E-state index contributed by atoms with van der Waals surface area (Å²) in [5.74, 6) is 0.421. The van der Waals surface area contributed by atoms with Crippen LogP contribution in [0, 0.1) is 14.9 Å². The Hall–Kier alpha value is -2.55. The largest absolute Gasteiger partial charge is 0.269 e. The third-order valence-electron chi connectivity index (χ3n) is 3.25. The first-order valence-corrected chi connectivity index (χ1v) is 8.04. The summed E-state index contributed by atoms with van der Waals surface area (Å²) in [6, 6.07) is 11.0. The van der Waals surface area contributed by atoms with Gasteiger partial charge in [-0.1, -0.05) is 23.2 Å². The van der Waals surface area contributed by atoms with Crippen molar-refractivity contribution in [2.45, 2.75) is 0 Å². The predicted molar refractivity (Wildman–Crippen MR) is 99.0 cm³/mol. The molecule has 10 heteroatoms. The zero-order chi connectivity index (χ0) is 18.0. The van der Waals surface area contributed by atoms with Gasteiger partial charge in [-0.25, -0.2) is 5.10 Å². The highest BCUT2D eigenvalue weighted by Gasteiger charge is 2.12. The van der Waals surface area contributed by atoms with Crippen molar-refractivity contribution in [1.29, 1.82) is 0 Å². The fraction of sp³-hybridized carbons (Fsp3) is 0. The van der Waals surface area contributed by atoms with Crippen LogP contribution in [0.4, 0.5) is 5.69 Å². The normalized spacial score (nSPS) is 11.1. The number of benzene rings is 2. The minimum Gasteiger partial charge on any atom is -0.258 e. The second kappa shape index (κ2) is 7.14. The van der Waals surface area contributed by atoms with Gasteiger partial charge in [-0.2, -0.15) is 14.9 Å². The average Bonchev–Trinajstić information content (AvgIpc) is 2.94. The second-order valence-electron chi connectivity index (χ2n) is 4.88. The van der Waals surface area contributed by atoms with Gasteiger partial charge in [0.1, 0.15) is 0 Å². The summed E-state index contributed by atoms with van der Waals surface area (Å²) in [6.45, 7) is 0. The summed E-state index contributed by atoms with van der Waals surface area (Å²) in [5, 5.41) is 22.7. The lowest BCUT2D eigenvalue weighted by atomic mass is 10.2. The van der Waals surface area contributed by atoms with E-state index in [9.17, 15) is 10.1 Å². The van der Waals surface area contributed by atoms with E-state index >= 15 is 0 Å². The highest BCUT2D eigenvalue weighted by atomic mass is 35.5. The Kier molecular flexibility index (Phi) is 4.93. The first kappa shape index (κ1) is 17.3. The Morgan fingerprint density at radius 3 is 2.60 bits per heavy atom. The number of nitro groups is 1. The summed E-state index contributed by atoms with van der Waals surface area (Å²) in [5.41, 5.74) is 1.28. The van der Waals surface area contributed by atoms with Crippen LogP contribution < -0.4 is 0 Å². The molecule has 0 unspecified atom stereocenters. The quantitative estimate of drug-likeness (QED) is 0.301. The van der Waals surface area contributed by atoms with Gasteiger partial charge in [-0.3, -0.25) is 10.1 Å². The van der Waals surface area contributed by atoms with Crippen molar-refractivity contribution < 1.29 is 4.92 Å². The molecule has 1 N–H and O–H groups in total. The molecule has 0 amide bonds.